The zero-order valence-electron chi connectivity index (χ0n) is 22.3. The van der Waals surface area contributed by atoms with Crippen molar-refractivity contribution >= 4 is 28.6 Å². The van der Waals surface area contributed by atoms with Gasteiger partial charge in [-0.1, -0.05) is 26.0 Å². The minimum atomic E-state index is -1.10. The number of carbonyl (C=O) groups excluding carboxylic acids is 1. The number of hydrogen-bond acceptors (Lipinski definition) is 5. The number of para-hydroxylation sites is 1. The Labute approximate surface area is 230 Å². The van der Waals surface area contributed by atoms with Gasteiger partial charge in [-0.3, -0.25) is 0 Å². The number of carboxylic acid groups (broad SMARTS) is 1. The number of carbonyl (C=O) groups is 2. The molecule has 40 heavy (non-hydrogen) atoms. The molecule has 4 aromatic rings. The number of anilines is 1. The maximum Gasteiger partial charge on any atom is 0.337 e. The van der Waals surface area contributed by atoms with Crippen LogP contribution in [0.3, 0.4) is 0 Å². The normalized spacial score (nSPS) is 14.9. The Hall–Kier alpha value is -4.44. The molecule has 0 atom stereocenters. The van der Waals surface area contributed by atoms with Crippen LogP contribution in [0, 0.1) is 11.7 Å². The van der Waals surface area contributed by atoms with Crippen LogP contribution in [0.5, 0.6) is 11.5 Å². The fourth-order valence-electron chi connectivity index (χ4n) is 5.20. The molecule has 1 aliphatic heterocycles. The van der Waals surface area contributed by atoms with Crippen LogP contribution in [0.4, 0.5) is 14.9 Å². The first-order chi connectivity index (χ1) is 19.1. The third-order valence-electron chi connectivity index (χ3n) is 7.08. The molecule has 208 valence electrons. The van der Waals surface area contributed by atoms with Gasteiger partial charge in [-0.2, -0.15) is 5.10 Å². The zero-order chi connectivity index (χ0) is 28.4. The van der Waals surface area contributed by atoms with E-state index < -0.39 is 17.4 Å². The summed E-state index contributed by atoms with van der Waals surface area (Å²) in [5, 5.41) is 28.5. The lowest BCUT2D eigenvalue weighted by Gasteiger charge is -2.39. The number of nitrogens with one attached hydrogen (secondary N) is 1. The molecule has 1 fully saturated rings. The molecule has 9 nitrogen and oxygen atoms in total. The number of aromatic carboxylic acids is 1. The number of carboxylic acids is 1. The molecule has 3 N–H and O–H groups in total. The summed E-state index contributed by atoms with van der Waals surface area (Å²) in [6.45, 7) is 4.97. The van der Waals surface area contributed by atoms with E-state index in [9.17, 15) is 24.2 Å². The molecular formula is C30H31FN4O5. The van der Waals surface area contributed by atoms with Crippen LogP contribution < -0.4 is 10.1 Å². The number of rotatable bonds is 7. The standard InChI is InChI=1S/C30H31FN4O5/c1-19(2)17-30(39)11-13-34(14-12-30)29(38)33-21-15-26-24(27(16-21)40-22-9-7-20(31)8-10-22)18-32-35(26)25-6-4-3-5-23(25)28(36)37/h3-10,15-16,18-19,39H,11-14,17H2,1-2H3,(H,33,38)(H,36,37). The first kappa shape index (κ1) is 27.1. The van der Waals surface area contributed by atoms with Gasteiger partial charge in [-0.15, -0.1) is 0 Å². The number of piperidine rings is 1. The summed E-state index contributed by atoms with van der Waals surface area (Å²) in [6, 6.07) is 15.1. The van der Waals surface area contributed by atoms with E-state index in [0.29, 0.717) is 72.0 Å². The fraction of sp³-hybridized carbons (Fsp3) is 0.300. The first-order valence-corrected chi connectivity index (χ1v) is 13.2. The highest BCUT2D eigenvalue weighted by atomic mass is 19.1. The van der Waals surface area contributed by atoms with Gasteiger partial charge in [0.2, 0.25) is 0 Å². The van der Waals surface area contributed by atoms with E-state index in [1.54, 1.807) is 41.4 Å². The van der Waals surface area contributed by atoms with Gasteiger partial charge in [0.1, 0.15) is 17.3 Å². The Kier molecular flexibility index (Phi) is 7.44. The molecule has 3 aromatic carbocycles. The largest absolute Gasteiger partial charge is 0.478 e. The molecule has 1 aliphatic rings. The van der Waals surface area contributed by atoms with Crippen molar-refractivity contribution in [3.63, 3.8) is 0 Å². The van der Waals surface area contributed by atoms with Crippen LogP contribution >= 0.6 is 0 Å². The van der Waals surface area contributed by atoms with E-state index >= 15 is 0 Å². The van der Waals surface area contributed by atoms with E-state index in [-0.39, 0.29) is 11.6 Å². The molecule has 1 aromatic heterocycles. The van der Waals surface area contributed by atoms with Crippen LogP contribution in [-0.2, 0) is 0 Å². The molecule has 0 aliphatic carbocycles. The van der Waals surface area contributed by atoms with Crippen molar-refractivity contribution in [2.75, 3.05) is 18.4 Å². The van der Waals surface area contributed by atoms with E-state index in [4.69, 9.17) is 4.74 Å². The predicted molar refractivity (Wildman–Crippen MR) is 149 cm³/mol. The summed E-state index contributed by atoms with van der Waals surface area (Å²) >= 11 is 0. The number of urea groups is 1. The molecule has 2 amide bonds. The Balaban J connectivity index is 1.49. The summed E-state index contributed by atoms with van der Waals surface area (Å²) in [5.41, 5.74) is 0.553. The van der Waals surface area contributed by atoms with Crippen LogP contribution in [0.15, 0.2) is 66.9 Å². The van der Waals surface area contributed by atoms with Gasteiger partial charge in [0.15, 0.2) is 0 Å². The second-order valence-electron chi connectivity index (χ2n) is 10.6. The lowest BCUT2D eigenvalue weighted by Crippen LogP contribution is -2.48. The molecular weight excluding hydrogens is 515 g/mol. The third kappa shape index (κ3) is 5.76. The van der Waals surface area contributed by atoms with Crippen LogP contribution in [-0.4, -0.2) is 55.6 Å². The summed E-state index contributed by atoms with van der Waals surface area (Å²) in [5.74, 6) is -0.422. The van der Waals surface area contributed by atoms with E-state index in [0.717, 1.165) is 0 Å². The second-order valence-corrected chi connectivity index (χ2v) is 10.6. The number of ether oxygens (including phenoxy) is 1. The number of aromatic nitrogens is 2. The maximum absolute atomic E-state index is 13.5. The smallest absolute Gasteiger partial charge is 0.337 e. The quantitative estimate of drug-likeness (QED) is 0.259. The van der Waals surface area contributed by atoms with Crippen molar-refractivity contribution in [3.8, 4) is 17.2 Å². The minimum Gasteiger partial charge on any atom is -0.478 e. The van der Waals surface area contributed by atoms with Gasteiger partial charge in [0, 0.05) is 24.8 Å². The van der Waals surface area contributed by atoms with E-state index in [2.05, 4.69) is 24.3 Å². The summed E-state index contributed by atoms with van der Waals surface area (Å²) in [7, 11) is 0. The Morgan fingerprint density at radius 2 is 1.80 bits per heavy atom. The van der Waals surface area contributed by atoms with Crippen molar-refractivity contribution in [3.05, 3.63) is 78.2 Å². The molecule has 0 unspecified atom stereocenters. The number of benzene rings is 3. The highest BCUT2D eigenvalue weighted by Gasteiger charge is 2.34. The Morgan fingerprint density at radius 1 is 1.10 bits per heavy atom. The van der Waals surface area contributed by atoms with Gasteiger partial charge < -0.3 is 25.2 Å². The molecule has 2 heterocycles. The van der Waals surface area contributed by atoms with Gasteiger partial charge in [-0.05, 0) is 67.6 Å². The fourth-order valence-corrected chi connectivity index (χ4v) is 5.20. The van der Waals surface area contributed by atoms with E-state index in [1.165, 1.54) is 35.0 Å². The van der Waals surface area contributed by atoms with Gasteiger partial charge in [-0.25, -0.2) is 18.7 Å². The van der Waals surface area contributed by atoms with Crippen molar-refractivity contribution in [1.82, 2.24) is 14.7 Å². The number of amides is 2. The topological polar surface area (TPSA) is 117 Å². The predicted octanol–water partition coefficient (Wildman–Crippen LogP) is 6.06. The number of halogens is 1. The number of nitrogens with zero attached hydrogens (tertiary/aromatic N) is 3. The lowest BCUT2D eigenvalue weighted by atomic mass is 9.84. The maximum atomic E-state index is 13.5. The summed E-state index contributed by atoms with van der Waals surface area (Å²) in [4.78, 5) is 26.8. The monoisotopic (exact) mass is 546 g/mol. The second kappa shape index (κ2) is 11.0. The molecule has 0 radical (unpaired) electrons. The van der Waals surface area contributed by atoms with E-state index in [1.807, 2.05) is 0 Å². The number of aliphatic hydroxyl groups is 1. The van der Waals surface area contributed by atoms with Crippen molar-refractivity contribution in [1.29, 1.82) is 0 Å². The average Bonchev–Trinajstić information content (AvgIpc) is 3.34. The molecule has 0 spiro atoms. The van der Waals surface area contributed by atoms with Crippen molar-refractivity contribution in [2.24, 2.45) is 5.92 Å². The zero-order valence-corrected chi connectivity index (χ0v) is 22.3. The van der Waals surface area contributed by atoms with Crippen LogP contribution in [0.1, 0.15) is 43.5 Å². The van der Waals surface area contributed by atoms with Crippen LogP contribution in [0.2, 0.25) is 0 Å². The molecule has 0 bridgehead atoms. The van der Waals surface area contributed by atoms with Crippen molar-refractivity contribution < 1.29 is 28.9 Å². The molecule has 5 rings (SSSR count). The Bertz CT molecular complexity index is 1540. The first-order valence-electron chi connectivity index (χ1n) is 13.2. The van der Waals surface area contributed by atoms with Gasteiger partial charge in [0.25, 0.3) is 0 Å². The molecule has 10 heteroatoms. The minimum absolute atomic E-state index is 0.0603. The summed E-state index contributed by atoms with van der Waals surface area (Å²) < 4.78 is 21.0. The highest BCUT2D eigenvalue weighted by Crippen LogP contribution is 2.36. The van der Waals surface area contributed by atoms with Crippen molar-refractivity contribution in [2.45, 2.75) is 38.7 Å². The highest BCUT2D eigenvalue weighted by molar-refractivity contribution is 5.97. The van der Waals surface area contributed by atoms with Gasteiger partial charge in [0.05, 0.1) is 34.0 Å². The molecule has 1 saturated heterocycles. The SMILES string of the molecule is CC(C)CC1(O)CCN(C(=O)Nc2cc(Oc3ccc(F)cc3)c3cnn(-c4ccccc4C(=O)O)c3c2)CC1. The molecule has 0 saturated carbocycles. The lowest BCUT2D eigenvalue weighted by molar-refractivity contribution is -0.0268. The third-order valence-corrected chi connectivity index (χ3v) is 7.08. The summed E-state index contributed by atoms with van der Waals surface area (Å²) in [6.07, 6.45) is 3.23. The number of hydrogen-bond donors (Lipinski definition) is 3. The average molecular weight is 547 g/mol. The number of fused-ring (bicyclic) bond motifs is 1. The van der Waals surface area contributed by atoms with Crippen LogP contribution in [0.25, 0.3) is 16.6 Å². The van der Waals surface area contributed by atoms with Gasteiger partial charge >= 0.3 is 12.0 Å². The number of likely N-dealkylation sites (tertiary alicyclic amines) is 1. The Morgan fingerprint density at radius 3 is 2.48 bits per heavy atom.